The molecule has 1 unspecified atom stereocenters. The summed E-state index contributed by atoms with van der Waals surface area (Å²) in [5.74, 6) is -0.149. The van der Waals surface area contributed by atoms with Gasteiger partial charge in [0.1, 0.15) is 10.7 Å². The van der Waals surface area contributed by atoms with Gasteiger partial charge in [0.05, 0.1) is 23.8 Å². The first kappa shape index (κ1) is 18.3. The number of hydrogen-bond acceptors (Lipinski definition) is 4. The molecule has 1 atom stereocenters. The molecular weight excluding hydrogens is 393 g/mol. The van der Waals surface area contributed by atoms with Crippen molar-refractivity contribution in [2.45, 2.75) is 17.7 Å². The Morgan fingerprint density at radius 3 is 2.66 bits per heavy atom. The lowest BCUT2D eigenvalue weighted by Gasteiger charge is -2.35. The molecule has 0 saturated carbocycles. The topological polar surface area (TPSA) is 73.0 Å². The molecule has 1 aliphatic carbocycles. The minimum absolute atomic E-state index is 0.133. The van der Waals surface area contributed by atoms with E-state index < -0.39 is 10.0 Å². The summed E-state index contributed by atoms with van der Waals surface area (Å²) < 4.78 is 44.0. The highest BCUT2D eigenvalue weighted by atomic mass is 32.2. The Morgan fingerprint density at radius 2 is 1.93 bits per heavy atom. The Hall–Kier alpha value is -2.78. The Morgan fingerprint density at radius 1 is 1.14 bits per heavy atom. The van der Waals surface area contributed by atoms with Crippen molar-refractivity contribution in [1.29, 1.82) is 0 Å². The minimum Gasteiger partial charge on any atom is -0.274 e. The van der Waals surface area contributed by atoms with Crippen LogP contribution in [0.3, 0.4) is 0 Å². The normalized spacial score (nSPS) is 19.5. The van der Waals surface area contributed by atoms with Crippen molar-refractivity contribution < 1.29 is 12.8 Å². The molecule has 0 amide bonds. The summed E-state index contributed by atoms with van der Waals surface area (Å²) >= 11 is 0. The van der Waals surface area contributed by atoms with Gasteiger partial charge in [-0.25, -0.2) is 17.5 Å². The van der Waals surface area contributed by atoms with Crippen LogP contribution in [0.4, 0.5) is 4.39 Å². The SMILES string of the molecule is Cn1cc(S(=O)(=O)N2CCC3=Cc4c(cnn4-c4ccc(F)cc4)CC3C2)cn1. The molecule has 0 spiro atoms. The lowest BCUT2D eigenvalue weighted by atomic mass is 9.83. The van der Waals surface area contributed by atoms with Crippen LogP contribution < -0.4 is 0 Å². The lowest BCUT2D eigenvalue weighted by molar-refractivity contribution is 0.322. The van der Waals surface area contributed by atoms with Gasteiger partial charge >= 0.3 is 0 Å². The van der Waals surface area contributed by atoms with E-state index in [0.717, 1.165) is 23.4 Å². The van der Waals surface area contributed by atoms with Crippen LogP contribution in [0, 0.1) is 11.7 Å². The van der Waals surface area contributed by atoms with Crippen molar-refractivity contribution in [1.82, 2.24) is 23.9 Å². The van der Waals surface area contributed by atoms with E-state index in [-0.39, 0.29) is 16.6 Å². The first-order valence-corrected chi connectivity index (χ1v) is 10.9. The van der Waals surface area contributed by atoms with Crippen LogP contribution in [0.5, 0.6) is 0 Å². The summed E-state index contributed by atoms with van der Waals surface area (Å²) in [6.07, 6.45) is 8.28. The molecule has 1 fully saturated rings. The summed E-state index contributed by atoms with van der Waals surface area (Å²) in [4.78, 5) is 0.230. The number of hydrogen-bond donors (Lipinski definition) is 0. The summed E-state index contributed by atoms with van der Waals surface area (Å²) in [6.45, 7) is 0.893. The van der Waals surface area contributed by atoms with Crippen molar-refractivity contribution in [2.75, 3.05) is 13.1 Å². The fourth-order valence-corrected chi connectivity index (χ4v) is 5.60. The molecule has 1 aliphatic heterocycles. The highest BCUT2D eigenvalue weighted by Gasteiger charge is 2.35. The molecule has 0 bridgehead atoms. The molecule has 29 heavy (non-hydrogen) atoms. The van der Waals surface area contributed by atoms with Gasteiger partial charge < -0.3 is 0 Å². The number of sulfonamides is 1. The Bertz CT molecular complexity index is 1210. The van der Waals surface area contributed by atoms with Crippen molar-refractivity contribution in [3.63, 3.8) is 0 Å². The summed E-state index contributed by atoms with van der Waals surface area (Å²) in [6, 6.07) is 6.25. The van der Waals surface area contributed by atoms with Crippen LogP contribution in [0.2, 0.25) is 0 Å². The van der Waals surface area contributed by atoms with Crippen LogP contribution >= 0.6 is 0 Å². The molecule has 2 aromatic heterocycles. The van der Waals surface area contributed by atoms with E-state index >= 15 is 0 Å². The number of piperidine rings is 1. The van der Waals surface area contributed by atoms with Gasteiger partial charge in [0.15, 0.2) is 0 Å². The van der Waals surface area contributed by atoms with Gasteiger partial charge in [-0.2, -0.15) is 14.5 Å². The number of halogens is 1. The number of aromatic nitrogens is 4. The molecule has 3 heterocycles. The molecule has 9 heteroatoms. The molecule has 3 aromatic rings. The average Bonchev–Trinajstić information content (AvgIpc) is 3.33. The van der Waals surface area contributed by atoms with Crippen LogP contribution in [0.15, 0.2) is 53.3 Å². The maximum atomic E-state index is 13.2. The largest absolute Gasteiger partial charge is 0.274 e. The fourth-order valence-electron chi connectivity index (χ4n) is 4.13. The van der Waals surface area contributed by atoms with E-state index in [1.165, 1.54) is 34.8 Å². The molecule has 1 saturated heterocycles. The number of rotatable bonds is 3. The fraction of sp³-hybridized carbons (Fsp3) is 0.300. The summed E-state index contributed by atoms with van der Waals surface area (Å²) in [7, 11) is -1.84. The molecule has 2 aliphatic rings. The highest BCUT2D eigenvalue weighted by molar-refractivity contribution is 7.89. The minimum atomic E-state index is -3.54. The van der Waals surface area contributed by atoms with E-state index in [1.807, 2.05) is 10.9 Å². The second-order valence-corrected chi connectivity index (χ2v) is 9.46. The Balaban J connectivity index is 1.42. The first-order valence-electron chi connectivity index (χ1n) is 9.44. The van der Waals surface area contributed by atoms with E-state index in [4.69, 9.17) is 0 Å². The van der Waals surface area contributed by atoms with Crippen molar-refractivity contribution >= 4 is 16.1 Å². The van der Waals surface area contributed by atoms with E-state index in [1.54, 1.807) is 23.5 Å². The molecule has 0 N–H and O–H groups in total. The Labute approximate surface area is 168 Å². The van der Waals surface area contributed by atoms with Gasteiger partial charge in [0, 0.05) is 26.3 Å². The standard InChI is InChI=1S/C20H20FN5O2S/c1-24-13-19(11-22-24)29(27,28)25-7-6-14-9-20-15(8-16(14)12-25)10-23-26(20)18-4-2-17(21)3-5-18/h2-5,9-11,13,16H,6-8,12H2,1H3. The second-order valence-electron chi connectivity index (χ2n) is 7.53. The highest BCUT2D eigenvalue weighted by Crippen LogP contribution is 2.36. The average molecular weight is 413 g/mol. The molecule has 0 radical (unpaired) electrons. The molecule has 5 rings (SSSR count). The van der Waals surface area contributed by atoms with Crippen LogP contribution in [-0.2, 0) is 23.5 Å². The second kappa shape index (κ2) is 6.64. The number of benzene rings is 1. The zero-order valence-corrected chi connectivity index (χ0v) is 16.7. The van der Waals surface area contributed by atoms with E-state index in [2.05, 4.69) is 16.3 Å². The van der Waals surface area contributed by atoms with Crippen LogP contribution in [-0.4, -0.2) is 45.4 Å². The first-order chi connectivity index (χ1) is 13.9. The molecular formula is C20H20FN5O2S. The maximum absolute atomic E-state index is 13.2. The van der Waals surface area contributed by atoms with Gasteiger partial charge in [-0.05, 0) is 54.7 Å². The summed E-state index contributed by atoms with van der Waals surface area (Å²) in [5.41, 5.74) is 4.11. The zero-order chi connectivity index (χ0) is 20.2. The van der Waals surface area contributed by atoms with Crippen LogP contribution in [0.25, 0.3) is 11.8 Å². The summed E-state index contributed by atoms with van der Waals surface area (Å²) in [5, 5.41) is 8.47. The van der Waals surface area contributed by atoms with E-state index in [9.17, 15) is 12.8 Å². The number of nitrogens with zero attached hydrogens (tertiary/aromatic N) is 5. The third kappa shape index (κ3) is 3.10. The lowest BCUT2D eigenvalue weighted by Crippen LogP contribution is -2.42. The van der Waals surface area contributed by atoms with Gasteiger partial charge in [-0.15, -0.1) is 0 Å². The van der Waals surface area contributed by atoms with Crippen molar-refractivity contribution in [3.8, 4) is 5.69 Å². The third-order valence-corrected chi connectivity index (χ3v) is 7.48. The molecule has 7 nitrogen and oxygen atoms in total. The van der Waals surface area contributed by atoms with Gasteiger partial charge in [0.25, 0.3) is 0 Å². The predicted octanol–water partition coefficient (Wildman–Crippen LogP) is 2.40. The molecule has 1 aromatic carbocycles. The smallest absolute Gasteiger partial charge is 0.246 e. The van der Waals surface area contributed by atoms with Gasteiger partial charge in [0.2, 0.25) is 10.0 Å². The van der Waals surface area contributed by atoms with Crippen LogP contribution in [0.1, 0.15) is 17.7 Å². The van der Waals surface area contributed by atoms with Crippen molar-refractivity contribution in [3.05, 3.63) is 65.5 Å². The zero-order valence-electron chi connectivity index (χ0n) is 15.9. The Kier molecular flexibility index (Phi) is 4.18. The predicted molar refractivity (Wildman–Crippen MR) is 105 cm³/mol. The third-order valence-electron chi connectivity index (χ3n) is 5.66. The van der Waals surface area contributed by atoms with Crippen molar-refractivity contribution in [2.24, 2.45) is 13.0 Å². The maximum Gasteiger partial charge on any atom is 0.246 e. The number of fused-ring (bicyclic) bond motifs is 2. The monoisotopic (exact) mass is 413 g/mol. The molecule has 150 valence electrons. The van der Waals surface area contributed by atoms with Gasteiger partial charge in [-0.3, -0.25) is 4.68 Å². The quantitative estimate of drug-likeness (QED) is 0.661. The number of aryl methyl sites for hydroxylation is 1. The van der Waals surface area contributed by atoms with Gasteiger partial charge in [-0.1, -0.05) is 5.57 Å². The van der Waals surface area contributed by atoms with E-state index in [0.29, 0.717) is 19.5 Å².